The second-order valence-electron chi connectivity index (χ2n) is 6.70. The van der Waals surface area contributed by atoms with E-state index in [2.05, 4.69) is 4.98 Å². The van der Waals surface area contributed by atoms with Gasteiger partial charge >= 0.3 is 0 Å². The third-order valence-electron chi connectivity index (χ3n) is 3.29. The van der Waals surface area contributed by atoms with Crippen LogP contribution in [0, 0.1) is 6.92 Å². The number of pyridine rings is 1. The summed E-state index contributed by atoms with van der Waals surface area (Å²) in [6.45, 7) is 10.9. The highest BCUT2D eigenvalue weighted by Gasteiger charge is 2.40. The molecule has 0 unspecified atom stereocenters. The molecule has 2 heterocycles. The van der Waals surface area contributed by atoms with E-state index in [0.29, 0.717) is 24.3 Å². The van der Waals surface area contributed by atoms with Crippen molar-refractivity contribution in [2.75, 3.05) is 18.8 Å². The Labute approximate surface area is 120 Å². The zero-order valence-corrected chi connectivity index (χ0v) is 12.9. The molecule has 1 saturated heterocycles. The Morgan fingerprint density at radius 2 is 1.85 bits per heavy atom. The van der Waals surface area contributed by atoms with Gasteiger partial charge in [0.25, 0.3) is 5.91 Å². The van der Waals surface area contributed by atoms with E-state index < -0.39 is 0 Å². The monoisotopic (exact) mass is 277 g/mol. The molecule has 2 N–H and O–H groups in total. The highest BCUT2D eigenvalue weighted by Crippen LogP contribution is 2.29. The summed E-state index contributed by atoms with van der Waals surface area (Å²) in [5.74, 6) is -0.0838. The van der Waals surface area contributed by atoms with Gasteiger partial charge in [-0.15, -0.1) is 0 Å². The van der Waals surface area contributed by atoms with E-state index in [-0.39, 0.29) is 17.1 Å². The second-order valence-corrected chi connectivity index (χ2v) is 6.70. The summed E-state index contributed by atoms with van der Waals surface area (Å²) in [5, 5.41) is 0. The highest BCUT2D eigenvalue weighted by molar-refractivity contribution is 5.99. The minimum absolute atomic E-state index is 0.0838. The summed E-state index contributed by atoms with van der Waals surface area (Å²) in [6, 6.07) is 1.73. The van der Waals surface area contributed by atoms with E-state index in [0.717, 1.165) is 5.69 Å². The molecule has 5 heteroatoms. The first-order valence-electron chi connectivity index (χ1n) is 6.81. The molecule has 0 spiro atoms. The van der Waals surface area contributed by atoms with Crippen molar-refractivity contribution in [1.29, 1.82) is 0 Å². The van der Waals surface area contributed by atoms with E-state index in [1.807, 2.05) is 34.6 Å². The SMILES string of the molecule is Cc1cc(N)c(C(=O)N2CC(C)(C)OC(C)(C)C2)cn1. The lowest BCUT2D eigenvalue weighted by Gasteiger charge is -2.47. The van der Waals surface area contributed by atoms with Gasteiger partial charge < -0.3 is 15.4 Å². The smallest absolute Gasteiger partial charge is 0.257 e. The molecule has 1 aliphatic heterocycles. The fourth-order valence-corrected chi connectivity index (χ4v) is 2.86. The minimum Gasteiger partial charge on any atom is -0.398 e. The molecule has 2 rings (SSSR count). The lowest BCUT2D eigenvalue weighted by atomic mass is 9.98. The Hall–Kier alpha value is -1.62. The average molecular weight is 277 g/mol. The van der Waals surface area contributed by atoms with Crippen molar-refractivity contribution in [2.45, 2.75) is 45.8 Å². The predicted molar refractivity (Wildman–Crippen MR) is 78.5 cm³/mol. The Bertz CT molecular complexity index is 522. The summed E-state index contributed by atoms with van der Waals surface area (Å²) in [6.07, 6.45) is 1.56. The van der Waals surface area contributed by atoms with E-state index in [9.17, 15) is 4.79 Å². The van der Waals surface area contributed by atoms with Crippen molar-refractivity contribution in [3.63, 3.8) is 0 Å². The summed E-state index contributed by atoms with van der Waals surface area (Å²) in [4.78, 5) is 18.6. The van der Waals surface area contributed by atoms with Crippen LogP contribution in [0.3, 0.4) is 0 Å². The number of ether oxygens (including phenoxy) is 1. The average Bonchev–Trinajstić information content (AvgIpc) is 2.23. The van der Waals surface area contributed by atoms with Crippen molar-refractivity contribution < 1.29 is 9.53 Å². The van der Waals surface area contributed by atoms with Crippen LogP contribution in [0.15, 0.2) is 12.3 Å². The zero-order valence-electron chi connectivity index (χ0n) is 12.9. The summed E-state index contributed by atoms with van der Waals surface area (Å²) >= 11 is 0. The van der Waals surface area contributed by atoms with Gasteiger partial charge in [0, 0.05) is 30.7 Å². The fourth-order valence-electron chi connectivity index (χ4n) is 2.86. The fraction of sp³-hybridized carbons (Fsp3) is 0.600. The number of hydrogen-bond donors (Lipinski definition) is 1. The van der Waals surface area contributed by atoms with Crippen LogP contribution >= 0.6 is 0 Å². The number of amides is 1. The quantitative estimate of drug-likeness (QED) is 0.852. The largest absolute Gasteiger partial charge is 0.398 e. The number of nitrogens with two attached hydrogens (primary N) is 1. The Balaban J connectivity index is 2.28. The molecule has 1 amide bonds. The maximum Gasteiger partial charge on any atom is 0.257 e. The number of carbonyl (C=O) groups is 1. The minimum atomic E-state index is -0.371. The van der Waals surface area contributed by atoms with Crippen LogP contribution in [-0.4, -0.2) is 40.1 Å². The molecule has 0 bridgehead atoms. The number of carbonyl (C=O) groups excluding carboxylic acids is 1. The maximum atomic E-state index is 12.7. The zero-order chi connectivity index (χ0) is 15.1. The van der Waals surface area contributed by atoms with Gasteiger partial charge in [-0.3, -0.25) is 9.78 Å². The van der Waals surface area contributed by atoms with Crippen LogP contribution in [-0.2, 0) is 4.74 Å². The summed E-state index contributed by atoms with van der Waals surface area (Å²) in [7, 11) is 0. The van der Waals surface area contributed by atoms with Gasteiger partial charge in [0.15, 0.2) is 0 Å². The molecule has 5 nitrogen and oxygen atoms in total. The number of rotatable bonds is 1. The van der Waals surface area contributed by atoms with Crippen molar-refractivity contribution in [2.24, 2.45) is 0 Å². The molecule has 20 heavy (non-hydrogen) atoms. The highest BCUT2D eigenvalue weighted by atomic mass is 16.5. The van der Waals surface area contributed by atoms with Crippen LogP contribution in [0.1, 0.15) is 43.7 Å². The third-order valence-corrected chi connectivity index (χ3v) is 3.29. The normalized spacial score (nSPS) is 20.8. The van der Waals surface area contributed by atoms with Gasteiger partial charge in [-0.05, 0) is 40.7 Å². The number of aromatic nitrogens is 1. The maximum absolute atomic E-state index is 12.7. The van der Waals surface area contributed by atoms with Crippen molar-refractivity contribution in [3.8, 4) is 0 Å². The first-order valence-corrected chi connectivity index (χ1v) is 6.81. The van der Waals surface area contributed by atoms with Crippen LogP contribution < -0.4 is 5.73 Å². The number of nitrogen functional groups attached to an aromatic ring is 1. The van der Waals surface area contributed by atoms with E-state index >= 15 is 0 Å². The van der Waals surface area contributed by atoms with Gasteiger partial charge in [-0.1, -0.05) is 0 Å². The summed E-state index contributed by atoms with van der Waals surface area (Å²) in [5.41, 5.74) is 6.95. The van der Waals surface area contributed by atoms with Gasteiger partial charge in [0.2, 0.25) is 0 Å². The number of nitrogens with zero attached hydrogens (tertiary/aromatic N) is 2. The number of hydrogen-bond acceptors (Lipinski definition) is 4. The molecule has 1 aromatic heterocycles. The molecule has 0 saturated carbocycles. The first-order chi connectivity index (χ1) is 9.10. The molecule has 1 fully saturated rings. The van der Waals surface area contributed by atoms with Crippen molar-refractivity contribution in [3.05, 3.63) is 23.5 Å². The van der Waals surface area contributed by atoms with Gasteiger partial charge in [0.1, 0.15) is 0 Å². The van der Waals surface area contributed by atoms with Crippen molar-refractivity contribution >= 4 is 11.6 Å². The molecule has 0 radical (unpaired) electrons. The topological polar surface area (TPSA) is 68.5 Å². The number of aryl methyl sites for hydroxylation is 1. The molecule has 1 aliphatic rings. The predicted octanol–water partition coefficient (Wildman–Crippen LogP) is 2.00. The molecule has 1 aromatic rings. The molecular formula is C15H23N3O2. The lowest BCUT2D eigenvalue weighted by Crippen LogP contribution is -2.58. The lowest BCUT2D eigenvalue weighted by molar-refractivity contribution is -0.171. The standard InChI is InChI=1S/C15H23N3O2/c1-10-6-12(16)11(7-17-10)13(19)18-8-14(2,3)20-15(4,5)9-18/h6-7H,8-9H2,1-5H3,(H2,16,17). The Kier molecular flexibility index (Phi) is 3.50. The van der Waals surface area contributed by atoms with Gasteiger partial charge in [0.05, 0.1) is 16.8 Å². The molecule has 110 valence electrons. The molecule has 0 atom stereocenters. The van der Waals surface area contributed by atoms with E-state index in [1.165, 1.54) is 0 Å². The number of anilines is 1. The molecular weight excluding hydrogens is 254 g/mol. The first kappa shape index (κ1) is 14.8. The summed E-state index contributed by atoms with van der Waals surface area (Å²) < 4.78 is 5.99. The Morgan fingerprint density at radius 1 is 1.30 bits per heavy atom. The van der Waals surface area contributed by atoms with Crippen molar-refractivity contribution in [1.82, 2.24) is 9.88 Å². The van der Waals surface area contributed by atoms with Crippen LogP contribution in [0.2, 0.25) is 0 Å². The van der Waals surface area contributed by atoms with Crippen LogP contribution in [0.5, 0.6) is 0 Å². The molecule has 0 aliphatic carbocycles. The van der Waals surface area contributed by atoms with Crippen LogP contribution in [0.25, 0.3) is 0 Å². The Morgan fingerprint density at radius 3 is 2.35 bits per heavy atom. The molecule has 0 aromatic carbocycles. The number of morpholine rings is 1. The second kappa shape index (κ2) is 4.74. The van der Waals surface area contributed by atoms with E-state index in [4.69, 9.17) is 10.5 Å². The van der Waals surface area contributed by atoms with E-state index in [1.54, 1.807) is 17.2 Å². The van der Waals surface area contributed by atoms with Gasteiger partial charge in [-0.25, -0.2) is 0 Å². The third kappa shape index (κ3) is 3.10. The van der Waals surface area contributed by atoms with Crippen LogP contribution in [0.4, 0.5) is 5.69 Å². The van der Waals surface area contributed by atoms with Gasteiger partial charge in [-0.2, -0.15) is 0 Å².